The van der Waals surface area contributed by atoms with E-state index in [0.29, 0.717) is 48.1 Å². The van der Waals surface area contributed by atoms with Crippen LogP contribution in [0.3, 0.4) is 0 Å². The maximum atomic E-state index is 13.3. The maximum Gasteiger partial charge on any atom is 0.295 e. The fourth-order valence-corrected chi connectivity index (χ4v) is 4.47. The molecule has 1 atom stereocenters. The molecule has 8 nitrogen and oxygen atoms in total. The van der Waals surface area contributed by atoms with Crippen molar-refractivity contribution in [1.29, 1.82) is 0 Å². The zero-order valence-corrected chi connectivity index (χ0v) is 22.5. The molecule has 1 amide bonds. The third-order valence-electron chi connectivity index (χ3n) is 6.72. The van der Waals surface area contributed by atoms with E-state index in [1.807, 2.05) is 0 Å². The van der Waals surface area contributed by atoms with Crippen LogP contribution >= 0.6 is 0 Å². The lowest BCUT2D eigenvalue weighted by Crippen LogP contribution is -2.38. The largest absolute Gasteiger partial charge is 0.507 e. The molecule has 0 saturated carbocycles. The number of methoxy groups -OCH3 is 2. The number of aliphatic hydroxyl groups excluding tert-OH is 1. The van der Waals surface area contributed by atoms with Gasteiger partial charge in [0.25, 0.3) is 11.7 Å². The van der Waals surface area contributed by atoms with Gasteiger partial charge in [0.1, 0.15) is 23.0 Å². The number of amides is 1. The van der Waals surface area contributed by atoms with E-state index in [9.17, 15) is 14.7 Å². The van der Waals surface area contributed by atoms with Gasteiger partial charge in [0, 0.05) is 30.3 Å². The smallest absolute Gasteiger partial charge is 0.295 e. The molecule has 1 heterocycles. The van der Waals surface area contributed by atoms with Crippen molar-refractivity contribution in [1.82, 2.24) is 9.80 Å². The summed E-state index contributed by atoms with van der Waals surface area (Å²) in [7, 11) is 3.08. The zero-order valence-electron chi connectivity index (χ0n) is 22.5. The molecule has 2 aromatic carbocycles. The number of likely N-dealkylation sites (tertiary alicyclic amines) is 1. The Bertz CT molecular complexity index is 1110. The molecule has 0 spiro atoms. The Hall–Kier alpha value is -3.52. The van der Waals surface area contributed by atoms with E-state index in [0.717, 1.165) is 25.9 Å². The molecule has 1 N–H and O–H groups in total. The van der Waals surface area contributed by atoms with Crippen LogP contribution in [0.1, 0.15) is 50.8 Å². The standard InChI is InChI=1S/C29H38N2O6/c1-6-9-18-37-21-12-10-20(11-13-21)27(32)25-26(23-15-14-22(35-4)19-24(23)36-5)31(29(34)28(25)33)17-16-30(7-2)8-3/h10-15,19,26,32H,6-9,16-18H2,1-5H3/b27-25+. The van der Waals surface area contributed by atoms with Gasteiger partial charge in [-0.1, -0.05) is 27.2 Å². The van der Waals surface area contributed by atoms with Gasteiger partial charge in [-0.15, -0.1) is 0 Å². The molecule has 200 valence electrons. The average molecular weight is 511 g/mol. The lowest BCUT2D eigenvalue weighted by atomic mass is 9.94. The third kappa shape index (κ3) is 6.25. The van der Waals surface area contributed by atoms with E-state index in [4.69, 9.17) is 14.2 Å². The van der Waals surface area contributed by atoms with Crippen molar-refractivity contribution in [2.24, 2.45) is 0 Å². The Labute approximate surface area is 219 Å². The van der Waals surface area contributed by atoms with Gasteiger partial charge < -0.3 is 29.1 Å². The van der Waals surface area contributed by atoms with Crippen LogP contribution in [0.25, 0.3) is 5.76 Å². The fourth-order valence-electron chi connectivity index (χ4n) is 4.47. The minimum absolute atomic E-state index is 0.0349. The summed E-state index contributed by atoms with van der Waals surface area (Å²) in [6.45, 7) is 9.38. The number of hydrogen-bond acceptors (Lipinski definition) is 7. The second kappa shape index (κ2) is 13.1. The van der Waals surface area contributed by atoms with Crippen molar-refractivity contribution >= 4 is 17.4 Å². The number of ether oxygens (including phenoxy) is 3. The number of hydrogen-bond donors (Lipinski definition) is 1. The van der Waals surface area contributed by atoms with Gasteiger partial charge in [-0.2, -0.15) is 0 Å². The Morgan fingerprint density at radius 1 is 0.973 bits per heavy atom. The number of nitrogens with zero attached hydrogens (tertiary/aromatic N) is 2. The summed E-state index contributed by atoms with van der Waals surface area (Å²) in [6.07, 6.45) is 1.98. The van der Waals surface area contributed by atoms with Gasteiger partial charge in [0.05, 0.1) is 32.4 Å². The van der Waals surface area contributed by atoms with Crippen LogP contribution in [-0.4, -0.2) is 73.6 Å². The number of benzene rings is 2. The van der Waals surface area contributed by atoms with Gasteiger partial charge >= 0.3 is 0 Å². The first-order valence-electron chi connectivity index (χ1n) is 12.9. The summed E-state index contributed by atoms with van der Waals surface area (Å²) in [6, 6.07) is 11.3. The topological polar surface area (TPSA) is 88.5 Å². The van der Waals surface area contributed by atoms with E-state index < -0.39 is 17.7 Å². The molecular formula is C29H38N2O6. The summed E-state index contributed by atoms with van der Waals surface area (Å²) in [5, 5.41) is 11.4. The van der Waals surface area contributed by atoms with Crippen LogP contribution in [0.15, 0.2) is 48.0 Å². The molecule has 0 aliphatic carbocycles. The molecule has 1 aliphatic rings. The Balaban J connectivity index is 2.08. The van der Waals surface area contributed by atoms with Gasteiger partial charge in [-0.3, -0.25) is 9.59 Å². The first-order valence-corrected chi connectivity index (χ1v) is 12.9. The molecule has 8 heteroatoms. The monoisotopic (exact) mass is 510 g/mol. The van der Waals surface area contributed by atoms with Crippen molar-refractivity contribution in [2.75, 3.05) is 47.0 Å². The second-order valence-corrected chi connectivity index (χ2v) is 8.85. The molecule has 37 heavy (non-hydrogen) atoms. The van der Waals surface area contributed by atoms with Crippen LogP contribution in [-0.2, 0) is 9.59 Å². The van der Waals surface area contributed by atoms with Crippen molar-refractivity contribution < 1.29 is 28.9 Å². The Morgan fingerprint density at radius 2 is 1.65 bits per heavy atom. The predicted octanol–water partition coefficient (Wildman–Crippen LogP) is 4.65. The maximum absolute atomic E-state index is 13.3. The number of likely N-dealkylation sites (N-methyl/N-ethyl adjacent to an activating group) is 1. The quantitative estimate of drug-likeness (QED) is 0.182. The number of rotatable bonds is 13. The summed E-state index contributed by atoms with van der Waals surface area (Å²) < 4.78 is 16.7. The predicted molar refractivity (Wildman–Crippen MR) is 143 cm³/mol. The highest BCUT2D eigenvalue weighted by atomic mass is 16.5. The fraction of sp³-hybridized carbons (Fsp3) is 0.448. The highest BCUT2D eigenvalue weighted by Crippen LogP contribution is 2.43. The van der Waals surface area contributed by atoms with Crippen LogP contribution in [0.2, 0.25) is 0 Å². The molecule has 3 rings (SSSR count). The summed E-state index contributed by atoms with van der Waals surface area (Å²) in [5.74, 6) is 0.132. The van der Waals surface area contributed by atoms with E-state index in [2.05, 4.69) is 25.7 Å². The molecule has 0 aromatic heterocycles. The van der Waals surface area contributed by atoms with Crippen LogP contribution in [0, 0.1) is 0 Å². The van der Waals surface area contributed by atoms with Gasteiger partial charge in [-0.25, -0.2) is 0 Å². The first-order chi connectivity index (χ1) is 17.9. The SMILES string of the molecule is CCCCOc1ccc(/C(O)=C2\C(=O)C(=O)N(CCN(CC)CC)C2c2ccc(OC)cc2OC)cc1. The molecule has 1 aliphatic heterocycles. The Kier molecular flexibility index (Phi) is 9.97. The molecule has 1 unspecified atom stereocenters. The average Bonchev–Trinajstić information content (AvgIpc) is 3.18. The zero-order chi connectivity index (χ0) is 26.9. The van der Waals surface area contributed by atoms with Crippen LogP contribution in [0.4, 0.5) is 0 Å². The van der Waals surface area contributed by atoms with Gasteiger partial charge in [-0.05, 0) is 55.9 Å². The van der Waals surface area contributed by atoms with Crippen molar-refractivity contribution in [3.63, 3.8) is 0 Å². The van der Waals surface area contributed by atoms with Crippen molar-refractivity contribution in [3.8, 4) is 17.2 Å². The molecule has 1 saturated heterocycles. The molecule has 2 aromatic rings. The number of carbonyl (C=O) groups is 2. The van der Waals surface area contributed by atoms with E-state index in [1.54, 1.807) is 49.6 Å². The number of aliphatic hydroxyl groups is 1. The summed E-state index contributed by atoms with van der Waals surface area (Å²) in [5.41, 5.74) is 1.07. The normalized spacial score (nSPS) is 16.9. The minimum atomic E-state index is -0.808. The second-order valence-electron chi connectivity index (χ2n) is 8.85. The number of ketones is 1. The van der Waals surface area contributed by atoms with E-state index >= 15 is 0 Å². The first kappa shape index (κ1) is 28.1. The highest BCUT2D eigenvalue weighted by Gasteiger charge is 2.47. The van der Waals surface area contributed by atoms with Gasteiger partial charge in [0.2, 0.25) is 0 Å². The number of carbonyl (C=O) groups excluding carboxylic acids is 2. The van der Waals surface area contributed by atoms with Crippen LogP contribution < -0.4 is 14.2 Å². The molecule has 0 bridgehead atoms. The van der Waals surface area contributed by atoms with Crippen molar-refractivity contribution in [2.45, 2.75) is 39.7 Å². The summed E-state index contributed by atoms with van der Waals surface area (Å²) >= 11 is 0. The van der Waals surface area contributed by atoms with Crippen molar-refractivity contribution in [3.05, 3.63) is 59.2 Å². The molecule has 1 fully saturated rings. The van der Waals surface area contributed by atoms with Crippen LogP contribution in [0.5, 0.6) is 17.2 Å². The lowest BCUT2D eigenvalue weighted by molar-refractivity contribution is -0.140. The van der Waals surface area contributed by atoms with E-state index in [1.165, 1.54) is 12.0 Å². The molecule has 0 radical (unpaired) electrons. The minimum Gasteiger partial charge on any atom is -0.507 e. The van der Waals surface area contributed by atoms with E-state index in [-0.39, 0.29) is 11.3 Å². The summed E-state index contributed by atoms with van der Waals surface area (Å²) in [4.78, 5) is 30.3. The Morgan fingerprint density at radius 3 is 2.24 bits per heavy atom. The lowest BCUT2D eigenvalue weighted by Gasteiger charge is -2.29. The number of unbranched alkanes of at least 4 members (excludes halogenated alkanes) is 1. The van der Waals surface area contributed by atoms with Gasteiger partial charge in [0.15, 0.2) is 0 Å². The third-order valence-corrected chi connectivity index (χ3v) is 6.72. The number of Topliss-reactive ketones (excluding diaryl/α,β-unsaturated/α-hetero) is 1. The highest BCUT2D eigenvalue weighted by molar-refractivity contribution is 6.46. The molecular weight excluding hydrogens is 472 g/mol.